The van der Waals surface area contributed by atoms with Gasteiger partial charge in [0.25, 0.3) is 0 Å². The van der Waals surface area contributed by atoms with Gasteiger partial charge in [-0.05, 0) is 12.8 Å². The number of ether oxygens (including phenoxy) is 1. The van der Waals surface area contributed by atoms with Crippen LogP contribution in [0.5, 0.6) is 0 Å². The molecule has 0 spiro atoms. The molecule has 2 fully saturated rings. The fourth-order valence-corrected chi connectivity index (χ4v) is 1.90. The summed E-state index contributed by atoms with van der Waals surface area (Å²) in [6.45, 7) is 2.94. The zero-order valence-electron chi connectivity index (χ0n) is 9.50. The highest BCUT2D eigenvalue weighted by Gasteiger charge is 2.42. The molecule has 1 saturated carbocycles. The van der Waals surface area contributed by atoms with E-state index in [9.17, 15) is 4.79 Å². The number of morpholine rings is 1. The third-order valence-electron chi connectivity index (χ3n) is 3.38. The van der Waals surface area contributed by atoms with Crippen LogP contribution in [0.25, 0.3) is 0 Å². The van der Waals surface area contributed by atoms with Gasteiger partial charge in [-0.2, -0.15) is 0 Å². The van der Waals surface area contributed by atoms with Gasteiger partial charge in [-0.15, -0.1) is 0 Å². The van der Waals surface area contributed by atoms with E-state index in [2.05, 4.69) is 10.6 Å². The first kappa shape index (κ1) is 11.8. The van der Waals surface area contributed by atoms with Crippen LogP contribution in [0, 0.1) is 5.41 Å². The van der Waals surface area contributed by atoms with Crippen molar-refractivity contribution in [1.29, 1.82) is 0 Å². The third-order valence-corrected chi connectivity index (χ3v) is 3.38. The van der Waals surface area contributed by atoms with Crippen molar-refractivity contribution in [2.24, 2.45) is 5.41 Å². The molecular weight excluding hydrogens is 208 g/mol. The van der Waals surface area contributed by atoms with Crippen LogP contribution >= 0.6 is 0 Å². The van der Waals surface area contributed by atoms with Crippen molar-refractivity contribution in [3.05, 3.63) is 0 Å². The number of nitrogens with one attached hydrogen (secondary N) is 2. The molecule has 0 bridgehead atoms. The lowest BCUT2D eigenvalue weighted by Gasteiger charge is -2.23. The molecule has 5 nitrogen and oxygen atoms in total. The quantitative estimate of drug-likeness (QED) is 0.579. The molecule has 1 amide bonds. The minimum Gasteiger partial charge on any atom is -0.396 e. The molecular formula is C11H20N2O3. The van der Waals surface area contributed by atoms with Crippen molar-refractivity contribution in [1.82, 2.24) is 10.6 Å². The normalized spacial score (nSPS) is 27.4. The van der Waals surface area contributed by atoms with Crippen molar-refractivity contribution in [3.63, 3.8) is 0 Å². The van der Waals surface area contributed by atoms with Crippen molar-refractivity contribution in [2.45, 2.75) is 25.3 Å². The Balaban J connectivity index is 1.64. The van der Waals surface area contributed by atoms with Gasteiger partial charge in [-0.3, -0.25) is 4.79 Å². The summed E-state index contributed by atoms with van der Waals surface area (Å²) in [4.78, 5) is 11.6. The van der Waals surface area contributed by atoms with Gasteiger partial charge in [-0.25, -0.2) is 0 Å². The van der Waals surface area contributed by atoms with E-state index in [1.165, 1.54) is 0 Å². The fourth-order valence-electron chi connectivity index (χ4n) is 1.90. The molecule has 1 aliphatic heterocycles. The van der Waals surface area contributed by atoms with Crippen molar-refractivity contribution < 1.29 is 14.6 Å². The minimum atomic E-state index is -0.00778. The molecule has 0 aromatic rings. The predicted molar refractivity (Wildman–Crippen MR) is 59.0 cm³/mol. The lowest BCUT2D eigenvalue weighted by molar-refractivity contribution is -0.122. The standard InChI is InChI=1S/C11H20N2O3/c14-8-11(1-2-11)7-13-10(15)5-9-6-16-4-3-12-9/h9,12,14H,1-8H2,(H,13,15). The summed E-state index contributed by atoms with van der Waals surface area (Å²) < 4.78 is 5.28. The molecule has 1 atom stereocenters. The molecule has 0 radical (unpaired) electrons. The van der Waals surface area contributed by atoms with Gasteiger partial charge in [0.2, 0.25) is 5.91 Å². The summed E-state index contributed by atoms with van der Waals surface area (Å²) in [5, 5.41) is 15.2. The smallest absolute Gasteiger partial charge is 0.221 e. The van der Waals surface area contributed by atoms with E-state index in [-0.39, 0.29) is 24.0 Å². The number of aliphatic hydroxyl groups excluding tert-OH is 1. The summed E-state index contributed by atoms with van der Waals surface area (Å²) in [6.07, 6.45) is 2.50. The Labute approximate surface area is 95.5 Å². The van der Waals surface area contributed by atoms with E-state index in [1.54, 1.807) is 0 Å². The molecule has 0 aromatic heterocycles. The van der Waals surface area contributed by atoms with Gasteiger partial charge in [0.15, 0.2) is 0 Å². The Hall–Kier alpha value is -0.650. The lowest BCUT2D eigenvalue weighted by atomic mass is 10.1. The summed E-state index contributed by atoms with van der Waals surface area (Å²) in [5.41, 5.74) is -0.00778. The zero-order chi connectivity index (χ0) is 11.4. The number of carbonyl (C=O) groups excluding carboxylic acids is 1. The first-order valence-corrected chi connectivity index (χ1v) is 5.93. The molecule has 1 aliphatic carbocycles. The van der Waals surface area contributed by atoms with Crippen LogP contribution in [0.15, 0.2) is 0 Å². The maximum Gasteiger partial charge on any atom is 0.221 e. The van der Waals surface area contributed by atoms with Crippen LogP contribution in [0.4, 0.5) is 0 Å². The van der Waals surface area contributed by atoms with Gasteiger partial charge in [0.1, 0.15) is 0 Å². The van der Waals surface area contributed by atoms with Crippen molar-refractivity contribution in [2.75, 3.05) is 32.9 Å². The maximum absolute atomic E-state index is 11.6. The molecule has 1 heterocycles. The van der Waals surface area contributed by atoms with E-state index in [1.807, 2.05) is 0 Å². The zero-order valence-corrected chi connectivity index (χ0v) is 9.50. The van der Waals surface area contributed by atoms with E-state index in [0.29, 0.717) is 19.6 Å². The molecule has 3 N–H and O–H groups in total. The maximum atomic E-state index is 11.6. The summed E-state index contributed by atoms with van der Waals surface area (Å²) in [7, 11) is 0. The highest BCUT2D eigenvalue weighted by molar-refractivity contribution is 5.76. The molecule has 2 rings (SSSR count). The SMILES string of the molecule is O=C(CC1COCCN1)NCC1(CO)CC1. The van der Waals surface area contributed by atoms with Crippen LogP contribution in [0.2, 0.25) is 0 Å². The topological polar surface area (TPSA) is 70.6 Å². The fraction of sp³-hybridized carbons (Fsp3) is 0.909. The number of aliphatic hydroxyl groups is 1. The first-order valence-electron chi connectivity index (χ1n) is 5.93. The average molecular weight is 228 g/mol. The summed E-state index contributed by atoms with van der Waals surface area (Å²) in [6, 6.07) is 0.137. The lowest BCUT2D eigenvalue weighted by Crippen LogP contribution is -2.45. The van der Waals surface area contributed by atoms with Crippen molar-refractivity contribution in [3.8, 4) is 0 Å². The molecule has 92 valence electrons. The van der Waals surface area contributed by atoms with Crippen LogP contribution in [0.1, 0.15) is 19.3 Å². The highest BCUT2D eigenvalue weighted by Crippen LogP contribution is 2.44. The van der Waals surface area contributed by atoms with Crippen LogP contribution in [-0.2, 0) is 9.53 Å². The molecule has 1 saturated heterocycles. The van der Waals surface area contributed by atoms with Gasteiger partial charge < -0.3 is 20.5 Å². The Kier molecular flexibility index (Phi) is 3.78. The molecule has 5 heteroatoms. The average Bonchev–Trinajstić information content (AvgIpc) is 3.09. The summed E-state index contributed by atoms with van der Waals surface area (Å²) >= 11 is 0. The first-order chi connectivity index (χ1) is 7.74. The largest absolute Gasteiger partial charge is 0.396 e. The number of amides is 1. The summed E-state index contributed by atoms with van der Waals surface area (Å²) in [5.74, 6) is 0.0442. The van der Waals surface area contributed by atoms with Crippen LogP contribution in [0.3, 0.4) is 0 Å². The third kappa shape index (κ3) is 3.17. The van der Waals surface area contributed by atoms with Gasteiger partial charge in [-0.1, -0.05) is 0 Å². The van der Waals surface area contributed by atoms with Gasteiger partial charge in [0, 0.05) is 31.0 Å². The molecule has 1 unspecified atom stereocenters. The number of hydrogen-bond donors (Lipinski definition) is 3. The van der Waals surface area contributed by atoms with E-state index in [4.69, 9.17) is 9.84 Å². The predicted octanol–water partition coefficient (Wildman–Crippen LogP) is -0.746. The number of carbonyl (C=O) groups is 1. The minimum absolute atomic E-state index is 0.00778. The Morgan fingerprint density at radius 3 is 2.94 bits per heavy atom. The molecule has 2 aliphatic rings. The van der Waals surface area contributed by atoms with Crippen LogP contribution in [-0.4, -0.2) is 50.0 Å². The second-order valence-corrected chi connectivity index (χ2v) is 4.86. The number of rotatable bonds is 5. The second kappa shape index (κ2) is 5.12. The van der Waals surface area contributed by atoms with E-state index >= 15 is 0 Å². The molecule has 16 heavy (non-hydrogen) atoms. The highest BCUT2D eigenvalue weighted by atomic mass is 16.5. The Morgan fingerprint density at radius 1 is 1.56 bits per heavy atom. The Bertz CT molecular complexity index is 248. The van der Waals surface area contributed by atoms with Crippen molar-refractivity contribution >= 4 is 5.91 Å². The monoisotopic (exact) mass is 228 g/mol. The van der Waals surface area contributed by atoms with E-state index in [0.717, 1.165) is 26.0 Å². The van der Waals surface area contributed by atoms with Gasteiger partial charge >= 0.3 is 0 Å². The van der Waals surface area contributed by atoms with Crippen LogP contribution < -0.4 is 10.6 Å². The van der Waals surface area contributed by atoms with E-state index < -0.39 is 0 Å². The number of hydrogen-bond acceptors (Lipinski definition) is 4. The van der Waals surface area contributed by atoms with Gasteiger partial charge in [0.05, 0.1) is 19.8 Å². The second-order valence-electron chi connectivity index (χ2n) is 4.86. The molecule has 0 aromatic carbocycles. The Morgan fingerprint density at radius 2 is 2.38 bits per heavy atom.